The van der Waals surface area contributed by atoms with Crippen molar-refractivity contribution in [3.05, 3.63) is 78.4 Å². The molecule has 1 unspecified atom stereocenters. The maximum atomic E-state index is 13.0. The fourth-order valence-corrected chi connectivity index (χ4v) is 4.16. The lowest BCUT2D eigenvalue weighted by atomic mass is 10.0. The Kier molecular flexibility index (Phi) is 7.15. The number of hydrogen-bond acceptors (Lipinski definition) is 5. The second-order valence-corrected chi connectivity index (χ2v) is 9.50. The Morgan fingerprint density at radius 2 is 1.61 bits per heavy atom. The van der Waals surface area contributed by atoms with Crippen molar-refractivity contribution >= 4 is 33.1 Å². The fraction of sp³-hybridized carbons (Fsp3) is 0.167. The monoisotopic (exact) mass is 465 g/mol. The van der Waals surface area contributed by atoms with E-state index in [0.717, 1.165) is 0 Å². The van der Waals surface area contributed by atoms with Gasteiger partial charge >= 0.3 is 0 Å². The zero-order chi connectivity index (χ0) is 24.2. The molecule has 0 aliphatic carbocycles. The molecule has 0 aromatic heterocycles. The number of sulfonamides is 1. The van der Waals surface area contributed by atoms with Gasteiger partial charge in [0, 0.05) is 22.5 Å². The number of rotatable bonds is 8. The molecule has 3 aromatic rings. The number of benzene rings is 3. The minimum absolute atomic E-state index is 0.0214. The van der Waals surface area contributed by atoms with Crippen molar-refractivity contribution in [1.29, 1.82) is 5.41 Å². The molecule has 0 saturated heterocycles. The number of anilines is 2. The Morgan fingerprint density at radius 3 is 2.21 bits per heavy atom. The van der Waals surface area contributed by atoms with Gasteiger partial charge in [-0.15, -0.1) is 0 Å². The van der Waals surface area contributed by atoms with E-state index in [2.05, 4.69) is 10.6 Å². The van der Waals surface area contributed by atoms with Crippen molar-refractivity contribution in [3.8, 4) is 11.1 Å². The number of amides is 1. The van der Waals surface area contributed by atoms with Crippen LogP contribution in [0.5, 0.6) is 0 Å². The molecule has 172 valence electrons. The molecule has 0 spiro atoms. The smallest absolute Gasteiger partial charge is 0.247 e. The van der Waals surface area contributed by atoms with Crippen molar-refractivity contribution in [3.63, 3.8) is 0 Å². The van der Waals surface area contributed by atoms with E-state index < -0.39 is 16.1 Å². The van der Waals surface area contributed by atoms with Crippen LogP contribution in [0.15, 0.2) is 77.7 Å². The Bertz CT molecular complexity index is 1270. The second kappa shape index (κ2) is 9.85. The van der Waals surface area contributed by atoms with Crippen LogP contribution >= 0.6 is 0 Å². The van der Waals surface area contributed by atoms with Crippen LogP contribution in [0.2, 0.25) is 0 Å². The number of amidine groups is 1. The number of carbonyl (C=O) groups is 1. The molecule has 0 bridgehead atoms. The maximum absolute atomic E-state index is 13.0. The molecule has 0 radical (unpaired) electrons. The molecule has 0 aliphatic rings. The minimum atomic E-state index is -3.87. The second-order valence-electron chi connectivity index (χ2n) is 7.97. The summed E-state index contributed by atoms with van der Waals surface area (Å²) in [5.41, 5.74) is 8.54. The molecule has 8 nitrogen and oxygen atoms in total. The van der Waals surface area contributed by atoms with E-state index in [1.54, 1.807) is 60.7 Å². The zero-order valence-corrected chi connectivity index (χ0v) is 19.2. The van der Waals surface area contributed by atoms with Gasteiger partial charge in [0.1, 0.15) is 11.9 Å². The highest BCUT2D eigenvalue weighted by atomic mass is 32.2. The third-order valence-electron chi connectivity index (χ3n) is 5.10. The van der Waals surface area contributed by atoms with Crippen LogP contribution < -0.4 is 21.5 Å². The summed E-state index contributed by atoms with van der Waals surface area (Å²) in [6, 6.07) is 19.9. The summed E-state index contributed by atoms with van der Waals surface area (Å²) < 4.78 is 23.8. The highest BCUT2D eigenvalue weighted by Crippen LogP contribution is 2.27. The SMILES string of the molecule is CC(C)C(Nc1cccc(C(=N)N)c1)C(=O)Nc1ccc(-c2ccccc2S(N)(=O)=O)cc1. The van der Waals surface area contributed by atoms with Gasteiger partial charge in [-0.2, -0.15) is 0 Å². The first kappa shape index (κ1) is 24.0. The molecule has 0 fully saturated rings. The van der Waals surface area contributed by atoms with E-state index >= 15 is 0 Å². The van der Waals surface area contributed by atoms with Gasteiger partial charge in [-0.05, 0) is 41.8 Å². The summed E-state index contributed by atoms with van der Waals surface area (Å²) in [5.74, 6) is -0.295. The summed E-state index contributed by atoms with van der Waals surface area (Å²) in [7, 11) is -3.87. The van der Waals surface area contributed by atoms with Crippen LogP contribution in [-0.4, -0.2) is 26.2 Å². The van der Waals surface area contributed by atoms with Crippen molar-refractivity contribution in [2.75, 3.05) is 10.6 Å². The summed E-state index contributed by atoms with van der Waals surface area (Å²) in [6.45, 7) is 3.86. The van der Waals surface area contributed by atoms with Crippen LogP contribution in [-0.2, 0) is 14.8 Å². The van der Waals surface area contributed by atoms with Crippen LogP contribution in [0, 0.1) is 11.3 Å². The van der Waals surface area contributed by atoms with Gasteiger partial charge < -0.3 is 16.4 Å². The molecule has 0 aliphatic heterocycles. The fourth-order valence-electron chi connectivity index (χ4n) is 3.40. The number of carbonyl (C=O) groups excluding carboxylic acids is 1. The summed E-state index contributed by atoms with van der Waals surface area (Å²) in [5, 5.41) is 19.0. The number of nitrogens with one attached hydrogen (secondary N) is 3. The standard InChI is InChI=1S/C24H27N5O3S/c1-15(2)22(28-19-7-5-6-17(14-19)23(25)26)24(30)29-18-12-10-16(11-13-18)20-8-3-4-9-21(20)33(27,31)32/h3-15,22,28H,1-2H3,(H3,25,26)(H,29,30)(H2,27,31,32). The van der Waals surface area contributed by atoms with Gasteiger partial charge in [0.2, 0.25) is 15.9 Å². The average Bonchev–Trinajstić information content (AvgIpc) is 2.77. The summed E-state index contributed by atoms with van der Waals surface area (Å²) >= 11 is 0. The van der Waals surface area contributed by atoms with E-state index in [1.807, 2.05) is 19.9 Å². The predicted molar refractivity (Wildman–Crippen MR) is 132 cm³/mol. The van der Waals surface area contributed by atoms with Crippen molar-refractivity contribution in [2.24, 2.45) is 16.8 Å². The van der Waals surface area contributed by atoms with E-state index in [9.17, 15) is 13.2 Å². The number of nitrogen functional groups attached to an aromatic ring is 1. The third-order valence-corrected chi connectivity index (χ3v) is 6.07. The van der Waals surface area contributed by atoms with Gasteiger partial charge in [0.05, 0.1) is 4.90 Å². The largest absolute Gasteiger partial charge is 0.384 e. The first-order valence-corrected chi connectivity index (χ1v) is 11.8. The van der Waals surface area contributed by atoms with Crippen LogP contribution in [0.25, 0.3) is 11.1 Å². The van der Waals surface area contributed by atoms with Crippen molar-refractivity contribution < 1.29 is 13.2 Å². The van der Waals surface area contributed by atoms with Crippen LogP contribution in [0.1, 0.15) is 19.4 Å². The molecular formula is C24H27N5O3S. The topological polar surface area (TPSA) is 151 Å². The van der Waals surface area contributed by atoms with Gasteiger partial charge in [-0.3, -0.25) is 10.2 Å². The summed E-state index contributed by atoms with van der Waals surface area (Å²) in [6.07, 6.45) is 0. The number of primary sulfonamides is 1. The van der Waals surface area contributed by atoms with Gasteiger partial charge in [-0.1, -0.05) is 56.3 Å². The van der Waals surface area contributed by atoms with E-state index in [1.165, 1.54) is 6.07 Å². The molecule has 0 saturated carbocycles. The molecule has 1 amide bonds. The number of nitrogens with two attached hydrogens (primary N) is 2. The Morgan fingerprint density at radius 1 is 0.939 bits per heavy atom. The lowest BCUT2D eigenvalue weighted by Gasteiger charge is -2.23. The average molecular weight is 466 g/mol. The first-order valence-electron chi connectivity index (χ1n) is 10.3. The van der Waals surface area contributed by atoms with Gasteiger partial charge in [0.25, 0.3) is 0 Å². The molecule has 0 heterocycles. The van der Waals surface area contributed by atoms with Gasteiger partial charge in [0.15, 0.2) is 0 Å². The molecule has 3 rings (SSSR count). The lowest BCUT2D eigenvalue weighted by Crippen LogP contribution is -2.38. The van der Waals surface area contributed by atoms with Crippen molar-refractivity contribution in [1.82, 2.24) is 0 Å². The minimum Gasteiger partial charge on any atom is -0.384 e. The van der Waals surface area contributed by atoms with Crippen LogP contribution in [0.3, 0.4) is 0 Å². The Hall–Kier alpha value is -3.69. The molecule has 1 atom stereocenters. The highest BCUT2D eigenvalue weighted by Gasteiger charge is 2.22. The lowest BCUT2D eigenvalue weighted by molar-refractivity contribution is -0.117. The molecule has 33 heavy (non-hydrogen) atoms. The molecule has 7 N–H and O–H groups in total. The quantitative estimate of drug-likeness (QED) is 0.255. The normalized spacial score (nSPS) is 12.2. The van der Waals surface area contributed by atoms with Crippen molar-refractivity contribution in [2.45, 2.75) is 24.8 Å². The Labute approximate surface area is 193 Å². The highest BCUT2D eigenvalue weighted by molar-refractivity contribution is 7.89. The van der Waals surface area contributed by atoms with E-state index in [4.69, 9.17) is 16.3 Å². The van der Waals surface area contributed by atoms with E-state index in [-0.39, 0.29) is 22.6 Å². The van der Waals surface area contributed by atoms with E-state index in [0.29, 0.717) is 28.1 Å². The molecule has 3 aromatic carbocycles. The van der Waals surface area contributed by atoms with Crippen LogP contribution in [0.4, 0.5) is 11.4 Å². The zero-order valence-electron chi connectivity index (χ0n) is 18.4. The molecular weight excluding hydrogens is 438 g/mol. The first-order chi connectivity index (χ1) is 15.6. The third kappa shape index (κ3) is 5.97. The maximum Gasteiger partial charge on any atom is 0.247 e. The predicted octanol–water partition coefficient (Wildman–Crippen LogP) is 3.36. The van der Waals surface area contributed by atoms with Gasteiger partial charge in [-0.25, -0.2) is 13.6 Å². The Balaban J connectivity index is 1.78. The molecule has 9 heteroatoms. The summed E-state index contributed by atoms with van der Waals surface area (Å²) in [4.78, 5) is 13.0. The number of hydrogen-bond donors (Lipinski definition) is 5.